The van der Waals surface area contributed by atoms with Crippen LogP contribution in [0.2, 0.25) is 0 Å². The van der Waals surface area contributed by atoms with Crippen LogP contribution >= 0.6 is 0 Å². The number of carbonyl (C=O) groups excluding carboxylic acids is 8. The van der Waals surface area contributed by atoms with Crippen LogP contribution in [0.25, 0.3) is 0 Å². The van der Waals surface area contributed by atoms with Crippen molar-refractivity contribution >= 4 is 47.8 Å². The number of esters is 8. The lowest BCUT2D eigenvalue weighted by atomic mass is 9.84. The zero-order valence-electron chi connectivity index (χ0n) is 23.9. The average Bonchev–Trinajstić information content (AvgIpc) is 3.11. The molecule has 0 spiro atoms. The fraction of sp³-hybridized carbons (Fsp3) is 0.385. The van der Waals surface area contributed by atoms with Crippen molar-refractivity contribution in [2.45, 2.75) is 60.8 Å². The fourth-order valence-corrected chi connectivity index (χ4v) is 4.33. The lowest BCUT2D eigenvalue weighted by molar-refractivity contribution is -0.584. The first-order valence-corrected chi connectivity index (χ1v) is 12.7. The van der Waals surface area contributed by atoms with Gasteiger partial charge in [-0.15, -0.1) is 0 Å². The monoisotopic (exact) mass is 686 g/mol. The molecule has 0 radical (unpaired) electrons. The first-order chi connectivity index (χ1) is 21.9. The van der Waals surface area contributed by atoms with Crippen molar-refractivity contribution in [1.82, 2.24) is 0 Å². The smallest absolute Gasteiger partial charge is 0.419 e. The van der Waals surface area contributed by atoms with Crippen LogP contribution in [0.3, 0.4) is 0 Å². The Balaban J connectivity index is 2.16. The van der Waals surface area contributed by atoms with E-state index in [1.165, 1.54) is 0 Å². The highest BCUT2D eigenvalue weighted by molar-refractivity contribution is 5.97. The van der Waals surface area contributed by atoms with Crippen LogP contribution in [-0.2, 0) is 76.3 Å². The van der Waals surface area contributed by atoms with Crippen molar-refractivity contribution in [3.8, 4) is 0 Å². The molecule has 0 aliphatic carbocycles. The third-order valence-electron chi connectivity index (χ3n) is 6.79. The molecule has 6 atom stereocenters. The van der Waals surface area contributed by atoms with Crippen LogP contribution in [0.4, 0.5) is 0 Å². The lowest BCUT2D eigenvalue weighted by Crippen LogP contribution is -2.88. The normalized spacial score (nSPS) is 38.5. The highest BCUT2D eigenvalue weighted by Crippen LogP contribution is 2.54. The van der Waals surface area contributed by atoms with Gasteiger partial charge in [0.2, 0.25) is 0 Å². The van der Waals surface area contributed by atoms with Crippen molar-refractivity contribution < 1.29 is 107 Å². The molecule has 0 aromatic heterocycles. The van der Waals surface area contributed by atoms with Gasteiger partial charge in [0.05, 0.1) is 25.7 Å². The lowest BCUT2D eigenvalue weighted by Gasteiger charge is -2.55. The Morgan fingerprint density at radius 3 is 0.938 bits per heavy atom. The highest BCUT2D eigenvalue weighted by Gasteiger charge is 2.92. The molecule has 2 unspecified atom stereocenters. The molecule has 4 heterocycles. The summed E-state index contributed by atoms with van der Waals surface area (Å²) in [5, 5.41) is 70.5. The molecule has 48 heavy (non-hydrogen) atoms. The molecule has 0 bridgehead atoms. The van der Waals surface area contributed by atoms with Crippen molar-refractivity contribution in [3.05, 3.63) is 48.6 Å². The molecule has 258 valence electrons. The van der Waals surface area contributed by atoms with Gasteiger partial charge in [0, 0.05) is 22.3 Å². The van der Waals surface area contributed by atoms with Crippen LogP contribution in [0.1, 0.15) is 25.7 Å². The van der Waals surface area contributed by atoms with Crippen LogP contribution in [0.5, 0.6) is 0 Å². The zero-order valence-corrected chi connectivity index (χ0v) is 23.9. The van der Waals surface area contributed by atoms with E-state index in [-0.39, 0.29) is 0 Å². The molecule has 0 aromatic rings. The zero-order chi connectivity index (χ0) is 36.4. The molecular weight excluding hydrogens is 664 g/mol. The second kappa shape index (κ2) is 11.0. The summed E-state index contributed by atoms with van der Waals surface area (Å²) in [6.07, 6.45) is -5.10. The SMILES string of the molecule is C=C1CC(=O)OC(O)([C@]2(O)OC(=O)C(=C)CC(=O)O[C@]2(O)[C@@]2(O)OC(=O)C(=C)CC(=O)O[C@]2(O)C2(O)OC(=O)CC(=C)C(=O)O2)OC1=O. The molecule has 22 nitrogen and oxygen atoms in total. The summed E-state index contributed by atoms with van der Waals surface area (Å²) in [6, 6.07) is 0. The van der Waals surface area contributed by atoms with Crippen LogP contribution in [0, 0.1) is 0 Å². The number of carbonyl (C=O) groups is 8. The van der Waals surface area contributed by atoms with E-state index in [1.54, 1.807) is 0 Å². The van der Waals surface area contributed by atoms with Crippen LogP contribution in [0.15, 0.2) is 48.6 Å². The van der Waals surface area contributed by atoms with Crippen LogP contribution in [-0.4, -0.2) is 113 Å². The minimum atomic E-state index is -5.40. The van der Waals surface area contributed by atoms with Gasteiger partial charge in [0.15, 0.2) is 0 Å². The number of hydrogen-bond acceptors (Lipinski definition) is 22. The molecule has 4 fully saturated rings. The minimum absolute atomic E-state index is 0.863. The fourth-order valence-electron chi connectivity index (χ4n) is 4.33. The Morgan fingerprint density at radius 1 is 0.354 bits per heavy atom. The predicted molar refractivity (Wildman–Crippen MR) is 133 cm³/mol. The predicted octanol–water partition coefficient (Wildman–Crippen LogP) is -4.78. The van der Waals surface area contributed by atoms with Gasteiger partial charge in [0.25, 0.3) is 0 Å². The largest absolute Gasteiger partial charge is 0.451 e. The summed E-state index contributed by atoms with van der Waals surface area (Å²) in [7, 11) is 0. The molecule has 4 aliphatic rings. The molecule has 0 aromatic carbocycles. The first-order valence-electron chi connectivity index (χ1n) is 12.7. The summed E-state index contributed by atoms with van der Waals surface area (Å²) < 4.78 is 36.2. The van der Waals surface area contributed by atoms with Crippen molar-refractivity contribution in [2.75, 3.05) is 0 Å². The van der Waals surface area contributed by atoms with Gasteiger partial charge in [-0.1, -0.05) is 26.3 Å². The molecule has 4 saturated heterocycles. The van der Waals surface area contributed by atoms with Gasteiger partial charge in [0.1, 0.15) is 0 Å². The summed E-state index contributed by atoms with van der Waals surface area (Å²) in [4.78, 5) is 102. The summed E-state index contributed by atoms with van der Waals surface area (Å²) in [5.41, 5.74) is -3.84. The highest BCUT2D eigenvalue weighted by atomic mass is 16.9. The van der Waals surface area contributed by atoms with E-state index < -0.39 is 131 Å². The Hall–Kier alpha value is -5.52. The van der Waals surface area contributed by atoms with Gasteiger partial charge in [-0.05, 0) is 0 Å². The Morgan fingerprint density at radius 2 is 0.583 bits per heavy atom. The second-order valence-electron chi connectivity index (χ2n) is 10.3. The molecule has 4 rings (SSSR count). The number of aliphatic hydroxyl groups is 6. The van der Waals surface area contributed by atoms with Crippen LogP contribution < -0.4 is 0 Å². The molecule has 0 saturated carbocycles. The maximum Gasteiger partial charge on any atom is 0.451 e. The number of hydrogen-bond donors (Lipinski definition) is 6. The summed E-state index contributed by atoms with van der Waals surface area (Å²) in [6.45, 7) is 12.4. The molecule has 4 aliphatic heterocycles. The van der Waals surface area contributed by atoms with E-state index in [0.29, 0.717) is 0 Å². The van der Waals surface area contributed by atoms with E-state index in [0.717, 1.165) is 0 Å². The molecule has 6 N–H and O–H groups in total. The Labute approximate surface area is 264 Å². The van der Waals surface area contributed by atoms with E-state index in [2.05, 4.69) is 64.2 Å². The Kier molecular flexibility index (Phi) is 8.12. The third-order valence-corrected chi connectivity index (χ3v) is 6.79. The van der Waals surface area contributed by atoms with E-state index in [9.17, 15) is 69.0 Å². The van der Waals surface area contributed by atoms with Gasteiger partial charge in [-0.2, -0.15) is 0 Å². The van der Waals surface area contributed by atoms with E-state index in [1.807, 2.05) is 0 Å². The minimum Gasteiger partial charge on any atom is -0.419 e. The standard InChI is InChI=1S/C26H22O22/c1-9-6-14(28)42-23(37,25(39)43-15(29)7-11(3)19(33)47-25)22(36,45-17(9)31)21(35)24(38,46-18(32)10(2)5-13(27)41-21)26(40)44-16(30)8-12(4)20(34)48-26/h35-40H,1-8H2/t21-,22-,23+,24-,25?,26?/m1/s1. The van der Waals surface area contributed by atoms with E-state index >= 15 is 0 Å². The van der Waals surface area contributed by atoms with Gasteiger partial charge in [-0.3, -0.25) is 19.2 Å². The topological polar surface area (TPSA) is 332 Å². The van der Waals surface area contributed by atoms with E-state index in [4.69, 9.17) is 0 Å². The molecule has 22 heteroatoms. The third kappa shape index (κ3) is 5.08. The quantitative estimate of drug-likeness (QED) is 0.0921. The average molecular weight is 686 g/mol. The van der Waals surface area contributed by atoms with Gasteiger partial charge < -0.3 is 68.5 Å². The maximum absolute atomic E-state index is 13.0. The maximum atomic E-state index is 13.0. The Bertz CT molecular complexity index is 1660. The summed E-state index contributed by atoms with van der Waals surface area (Å²) >= 11 is 0. The first kappa shape index (κ1) is 35.3. The van der Waals surface area contributed by atoms with Gasteiger partial charge >= 0.3 is 82.8 Å². The summed E-state index contributed by atoms with van der Waals surface area (Å²) in [5.74, 6) is -46.7. The second-order valence-corrected chi connectivity index (χ2v) is 10.3. The molecular formula is C26H22O22. The van der Waals surface area contributed by atoms with Crippen molar-refractivity contribution in [3.63, 3.8) is 0 Å². The van der Waals surface area contributed by atoms with Crippen molar-refractivity contribution in [1.29, 1.82) is 0 Å². The number of cyclic esters (lactones) is 8. The molecule has 0 amide bonds. The number of rotatable bonds is 3. The number of ether oxygens (including phenoxy) is 8. The van der Waals surface area contributed by atoms with Crippen molar-refractivity contribution in [2.24, 2.45) is 0 Å². The van der Waals surface area contributed by atoms with Gasteiger partial charge in [-0.25, -0.2) is 19.2 Å².